The Bertz CT molecular complexity index is 854. The minimum atomic E-state index is -0.535. The molecule has 2 bridgehead atoms. The molecule has 0 radical (unpaired) electrons. The average molecular weight is 417 g/mol. The van der Waals surface area contributed by atoms with Crippen molar-refractivity contribution in [2.45, 2.75) is 52.2 Å². The Hall–Kier alpha value is -2.28. The van der Waals surface area contributed by atoms with E-state index in [9.17, 15) is 9.59 Å². The van der Waals surface area contributed by atoms with Gasteiger partial charge in [-0.05, 0) is 59.6 Å². The molecule has 0 aromatic heterocycles. The molecule has 2 amide bonds. The molecule has 1 aromatic carbocycles. The Morgan fingerprint density at radius 2 is 2.07 bits per heavy atom. The van der Waals surface area contributed by atoms with E-state index in [2.05, 4.69) is 19.2 Å². The summed E-state index contributed by atoms with van der Waals surface area (Å²) in [7, 11) is 1.58. The fourth-order valence-electron chi connectivity index (χ4n) is 6.45. The molecule has 1 spiro atoms. The van der Waals surface area contributed by atoms with Crippen LogP contribution in [-0.2, 0) is 14.3 Å². The highest BCUT2D eigenvalue weighted by Gasteiger charge is 2.68. The molecule has 3 N–H and O–H groups in total. The van der Waals surface area contributed by atoms with Crippen LogP contribution in [0.15, 0.2) is 18.2 Å². The van der Waals surface area contributed by atoms with Gasteiger partial charge < -0.3 is 25.3 Å². The van der Waals surface area contributed by atoms with E-state index in [0.717, 1.165) is 24.8 Å². The number of nitrogens with two attached hydrogens (primary N) is 1. The van der Waals surface area contributed by atoms with Crippen molar-refractivity contribution in [3.63, 3.8) is 0 Å². The molecule has 7 heteroatoms. The fraction of sp³-hybridized carbons (Fsp3) is 0.652. The van der Waals surface area contributed by atoms with Gasteiger partial charge in [-0.3, -0.25) is 9.59 Å². The van der Waals surface area contributed by atoms with Crippen molar-refractivity contribution in [2.24, 2.45) is 28.4 Å². The van der Waals surface area contributed by atoms with Crippen molar-refractivity contribution < 1.29 is 23.8 Å². The van der Waals surface area contributed by atoms with Gasteiger partial charge in [0.2, 0.25) is 5.91 Å². The molecule has 2 aliphatic carbocycles. The minimum Gasteiger partial charge on any atom is -0.493 e. The van der Waals surface area contributed by atoms with E-state index in [-0.39, 0.29) is 35.5 Å². The third-order valence-corrected chi connectivity index (χ3v) is 7.74. The van der Waals surface area contributed by atoms with E-state index >= 15 is 0 Å². The second-order valence-electron chi connectivity index (χ2n) is 9.64. The smallest absolute Gasteiger partial charge is 0.255 e. The quantitative estimate of drug-likeness (QED) is 0.742. The van der Waals surface area contributed by atoms with Crippen molar-refractivity contribution in [3.05, 3.63) is 23.8 Å². The largest absolute Gasteiger partial charge is 0.493 e. The summed E-state index contributed by atoms with van der Waals surface area (Å²) in [5.74, 6) is 1.43. The number of carbonyl (C=O) groups is 2. The van der Waals surface area contributed by atoms with Gasteiger partial charge in [-0.1, -0.05) is 19.9 Å². The predicted octanol–water partition coefficient (Wildman–Crippen LogP) is 2.58. The first-order chi connectivity index (χ1) is 14.2. The molecule has 30 heavy (non-hydrogen) atoms. The van der Waals surface area contributed by atoms with Gasteiger partial charge in [0.15, 0.2) is 18.1 Å². The molecular formula is C23H32N2O5. The summed E-state index contributed by atoms with van der Waals surface area (Å²) in [5.41, 5.74) is 6.35. The van der Waals surface area contributed by atoms with E-state index in [1.54, 1.807) is 14.0 Å². The normalized spacial score (nSPS) is 33.6. The Morgan fingerprint density at radius 3 is 2.73 bits per heavy atom. The van der Waals surface area contributed by atoms with Crippen LogP contribution >= 0.6 is 0 Å². The lowest BCUT2D eigenvalue weighted by Crippen LogP contribution is -2.58. The Kier molecular flexibility index (Phi) is 5.21. The summed E-state index contributed by atoms with van der Waals surface area (Å²) >= 11 is 0. The van der Waals surface area contributed by atoms with Crippen LogP contribution in [-0.4, -0.2) is 38.2 Å². The zero-order chi connectivity index (χ0) is 21.7. The van der Waals surface area contributed by atoms with Crippen LogP contribution < -0.4 is 20.5 Å². The summed E-state index contributed by atoms with van der Waals surface area (Å²) in [4.78, 5) is 23.1. The topological polar surface area (TPSA) is 99.9 Å². The highest BCUT2D eigenvalue weighted by Crippen LogP contribution is 2.70. The van der Waals surface area contributed by atoms with Crippen molar-refractivity contribution in [2.75, 3.05) is 20.3 Å². The minimum absolute atomic E-state index is 0.0365. The van der Waals surface area contributed by atoms with Crippen LogP contribution in [0, 0.1) is 22.7 Å². The summed E-state index contributed by atoms with van der Waals surface area (Å²) < 4.78 is 17.3. The lowest BCUT2D eigenvalue weighted by Gasteiger charge is -2.53. The number of methoxy groups -OCH3 is 1. The molecular weight excluding hydrogens is 384 g/mol. The fourth-order valence-corrected chi connectivity index (χ4v) is 6.45. The number of carbonyl (C=O) groups excluding carboxylic acids is 2. The first kappa shape index (κ1) is 21.0. The molecule has 5 atom stereocenters. The molecule has 164 valence electrons. The standard InChI is InChI=1S/C23H32N2O5/c1-13(26)25-21-22(2,3)15-10-16-20(29-8-7-23(16,21)11-15)14-5-6-17(18(9-14)28-4)30-12-19(24)27/h5-6,9,15-16,20-21H,7-8,10-12H2,1-4H3,(H2,24,27)(H,25,26)/t15-,16-,20-,21-,23?/m1/s1. The van der Waals surface area contributed by atoms with Crippen LogP contribution in [0.5, 0.6) is 11.5 Å². The summed E-state index contributed by atoms with van der Waals surface area (Å²) in [5, 5.41) is 3.30. The number of ether oxygens (including phenoxy) is 3. The number of fused-ring (bicyclic) bond motifs is 1. The molecule has 1 unspecified atom stereocenters. The molecule has 2 saturated carbocycles. The van der Waals surface area contributed by atoms with Gasteiger partial charge in [0.05, 0.1) is 13.2 Å². The Morgan fingerprint density at radius 1 is 1.30 bits per heavy atom. The third-order valence-electron chi connectivity index (χ3n) is 7.74. The molecule has 1 aromatic rings. The van der Waals surface area contributed by atoms with Gasteiger partial charge >= 0.3 is 0 Å². The zero-order valence-corrected chi connectivity index (χ0v) is 18.2. The lowest BCUT2D eigenvalue weighted by molar-refractivity contribution is -0.136. The SMILES string of the molecule is COc1cc([C@H]2OCCC34C[C@@H](C[C@H]23)C(C)(C)[C@H]4NC(C)=O)ccc1OCC(N)=O. The van der Waals surface area contributed by atoms with Gasteiger partial charge in [0, 0.05) is 19.6 Å². The van der Waals surface area contributed by atoms with Crippen LogP contribution in [0.2, 0.25) is 0 Å². The number of primary amides is 1. The molecule has 1 aliphatic heterocycles. The van der Waals surface area contributed by atoms with Crippen molar-refractivity contribution >= 4 is 11.8 Å². The van der Waals surface area contributed by atoms with E-state index in [0.29, 0.717) is 29.9 Å². The van der Waals surface area contributed by atoms with Gasteiger partial charge in [0.25, 0.3) is 5.91 Å². The first-order valence-electron chi connectivity index (χ1n) is 10.7. The van der Waals surface area contributed by atoms with E-state index < -0.39 is 5.91 Å². The number of hydrogen-bond acceptors (Lipinski definition) is 5. The number of benzene rings is 1. The number of nitrogens with one attached hydrogen (secondary N) is 1. The van der Waals surface area contributed by atoms with Crippen LogP contribution in [0.25, 0.3) is 0 Å². The van der Waals surface area contributed by atoms with Crippen LogP contribution in [0.3, 0.4) is 0 Å². The van der Waals surface area contributed by atoms with Gasteiger partial charge in [-0.25, -0.2) is 0 Å². The molecule has 7 nitrogen and oxygen atoms in total. The zero-order valence-electron chi connectivity index (χ0n) is 18.2. The van der Waals surface area contributed by atoms with Crippen LogP contribution in [0.1, 0.15) is 51.7 Å². The maximum absolute atomic E-state index is 12.0. The maximum atomic E-state index is 12.0. The summed E-state index contributed by atoms with van der Waals surface area (Å²) in [6.07, 6.45) is 3.13. The highest BCUT2D eigenvalue weighted by molar-refractivity contribution is 5.75. The molecule has 3 fully saturated rings. The summed E-state index contributed by atoms with van der Waals surface area (Å²) in [6, 6.07) is 5.87. The van der Waals surface area contributed by atoms with Crippen molar-refractivity contribution in [3.8, 4) is 11.5 Å². The van der Waals surface area contributed by atoms with E-state index in [4.69, 9.17) is 19.9 Å². The second kappa shape index (κ2) is 7.45. The number of rotatable bonds is 6. The molecule has 3 aliphatic rings. The number of hydrogen-bond donors (Lipinski definition) is 2. The van der Waals surface area contributed by atoms with Gasteiger partial charge in [-0.15, -0.1) is 0 Å². The second-order valence-corrected chi connectivity index (χ2v) is 9.64. The lowest BCUT2D eigenvalue weighted by atomic mass is 9.59. The molecule has 4 rings (SSSR count). The van der Waals surface area contributed by atoms with Gasteiger partial charge in [0.1, 0.15) is 0 Å². The van der Waals surface area contributed by atoms with E-state index in [1.165, 1.54) is 0 Å². The van der Waals surface area contributed by atoms with Crippen LogP contribution in [0.4, 0.5) is 0 Å². The number of amides is 2. The predicted molar refractivity (Wildman–Crippen MR) is 111 cm³/mol. The maximum Gasteiger partial charge on any atom is 0.255 e. The monoisotopic (exact) mass is 416 g/mol. The Labute approximate surface area is 177 Å². The van der Waals surface area contributed by atoms with Gasteiger partial charge in [-0.2, -0.15) is 0 Å². The van der Waals surface area contributed by atoms with E-state index in [1.807, 2.05) is 18.2 Å². The average Bonchev–Trinajstić information content (AvgIpc) is 3.18. The third kappa shape index (κ3) is 3.23. The summed E-state index contributed by atoms with van der Waals surface area (Å²) in [6.45, 7) is 6.67. The highest BCUT2D eigenvalue weighted by atomic mass is 16.5. The van der Waals surface area contributed by atoms with Crippen molar-refractivity contribution in [1.82, 2.24) is 5.32 Å². The first-order valence-corrected chi connectivity index (χ1v) is 10.7. The molecule has 1 saturated heterocycles. The molecule has 1 heterocycles. The van der Waals surface area contributed by atoms with Crippen molar-refractivity contribution in [1.29, 1.82) is 0 Å². The Balaban J connectivity index is 1.64.